The molecule has 1 amide bonds. The third kappa shape index (κ3) is 3.18. The zero-order valence-electron chi connectivity index (χ0n) is 9.46. The zero-order valence-corrected chi connectivity index (χ0v) is 10.3. The monoisotopic (exact) mass is 284 g/mol. The molecule has 1 aromatic heterocycles. The number of hydrogen-bond acceptors (Lipinski definition) is 4. The Morgan fingerprint density at radius 2 is 1.84 bits per heavy atom. The average Bonchev–Trinajstić information content (AvgIpc) is 2.90. The second-order valence-corrected chi connectivity index (χ2v) is 5.17. The van der Waals surface area contributed by atoms with Crippen molar-refractivity contribution in [3.63, 3.8) is 0 Å². The molecule has 0 aliphatic rings. The molecule has 8 heteroatoms. The smallest absolute Gasteiger partial charge is 0.301 e. The van der Waals surface area contributed by atoms with Gasteiger partial charge < -0.3 is 4.42 Å². The fourth-order valence-corrected chi connectivity index (χ4v) is 2.09. The third-order valence-electron chi connectivity index (χ3n) is 2.17. The maximum atomic E-state index is 12.7. The Bertz CT molecular complexity index is 665. The van der Waals surface area contributed by atoms with Gasteiger partial charge in [-0.2, -0.15) is 0 Å². The molecule has 0 bridgehead atoms. The molecule has 0 saturated carbocycles. The largest absolute Gasteiger partial charge is 0.459 e. The van der Waals surface area contributed by atoms with E-state index >= 15 is 0 Å². The van der Waals surface area contributed by atoms with E-state index in [2.05, 4.69) is 0 Å². The fraction of sp³-hybridized carbons (Fsp3) is 0. The number of hydrogen-bond donors (Lipinski definition) is 2. The fourth-order valence-electron chi connectivity index (χ4n) is 1.26. The first-order valence-electron chi connectivity index (χ1n) is 5.10. The number of amides is 1. The van der Waals surface area contributed by atoms with E-state index in [-0.39, 0.29) is 10.7 Å². The van der Waals surface area contributed by atoms with Crippen LogP contribution in [0, 0.1) is 5.82 Å². The molecule has 2 N–H and O–H groups in total. The number of halogens is 1. The van der Waals surface area contributed by atoms with Crippen molar-refractivity contribution in [1.29, 1.82) is 0 Å². The molecule has 100 valence electrons. The first-order valence-corrected chi connectivity index (χ1v) is 6.58. The number of benzene rings is 1. The summed E-state index contributed by atoms with van der Waals surface area (Å²) >= 11 is 0. The quantitative estimate of drug-likeness (QED) is 0.821. The summed E-state index contributed by atoms with van der Waals surface area (Å²) < 4.78 is 40.9. The van der Waals surface area contributed by atoms with Crippen LogP contribution in [0.5, 0.6) is 0 Å². The lowest BCUT2D eigenvalue weighted by molar-refractivity contribution is 0.0917. The van der Waals surface area contributed by atoms with Gasteiger partial charge in [-0.25, -0.2) is 12.8 Å². The molecule has 0 radical (unpaired) electrons. The number of nitrogens with one attached hydrogen (secondary N) is 2. The molecule has 0 aliphatic heterocycles. The molecular weight excluding hydrogens is 275 g/mol. The number of carbonyl (C=O) groups is 1. The topological polar surface area (TPSA) is 88.4 Å². The Kier molecular flexibility index (Phi) is 3.63. The summed E-state index contributed by atoms with van der Waals surface area (Å²) in [6.07, 6.45) is 1.28. The van der Waals surface area contributed by atoms with Gasteiger partial charge in [0.25, 0.3) is 10.0 Å². The van der Waals surface area contributed by atoms with Gasteiger partial charge in [-0.05, 0) is 36.4 Å². The Labute approximate surface area is 108 Å². The van der Waals surface area contributed by atoms with Crippen LogP contribution < -0.4 is 10.3 Å². The molecule has 6 nitrogen and oxygen atoms in total. The van der Waals surface area contributed by atoms with Crippen LogP contribution in [0.2, 0.25) is 0 Å². The van der Waals surface area contributed by atoms with Crippen molar-refractivity contribution < 1.29 is 22.0 Å². The Morgan fingerprint density at radius 3 is 2.42 bits per heavy atom. The van der Waals surface area contributed by atoms with E-state index in [9.17, 15) is 17.6 Å². The Morgan fingerprint density at radius 1 is 1.16 bits per heavy atom. The van der Waals surface area contributed by atoms with E-state index in [0.29, 0.717) is 0 Å². The van der Waals surface area contributed by atoms with Crippen molar-refractivity contribution in [2.45, 2.75) is 4.90 Å². The molecule has 0 atom stereocenters. The highest BCUT2D eigenvalue weighted by Crippen LogP contribution is 2.08. The Balaban J connectivity index is 2.06. The van der Waals surface area contributed by atoms with E-state index < -0.39 is 21.7 Å². The summed E-state index contributed by atoms with van der Waals surface area (Å²) in [5.41, 5.74) is 1.97. The molecule has 2 rings (SSSR count). The molecule has 0 spiro atoms. The molecule has 19 heavy (non-hydrogen) atoms. The SMILES string of the molecule is O=C(NNS(=O)(=O)c1ccc(F)cc1)c1ccco1. The predicted octanol–water partition coefficient (Wildman–Crippen LogP) is 1.04. The summed E-state index contributed by atoms with van der Waals surface area (Å²) in [7, 11) is -3.95. The lowest BCUT2D eigenvalue weighted by atomic mass is 10.4. The second-order valence-electron chi connectivity index (χ2n) is 3.49. The van der Waals surface area contributed by atoms with Gasteiger partial charge in [0.1, 0.15) is 5.82 Å². The lowest BCUT2D eigenvalue weighted by Crippen LogP contribution is -2.41. The highest BCUT2D eigenvalue weighted by Gasteiger charge is 2.16. The predicted molar refractivity (Wildman–Crippen MR) is 62.9 cm³/mol. The van der Waals surface area contributed by atoms with Gasteiger partial charge in [-0.1, -0.05) is 0 Å². The number of furan rings is 1. The van der Waals surface area contributed by atoms with Crippen molar-refractivity contribution in [3.05, 3.63) is 54.2 Å². The summed E-state index contributed by atoms with van der Waals surface area (Å²) in [5.74, 6) is -1.34. The van der Waals surface area contributed by atoms with Crippen LogP contribution in [0.3, 0.4) is 0 Å². The lowest BCUT2D eigenvalue weighted by Gasteiger charge is -2.07. The molecule has 2 aromatic rings. The minimum Gasteiger partial charge on any atom is -0.459 e. The molecule has 1 heterocycles. The van der Waals surface area contributed by atoms with Crippen LogP contribution in [0.15, 0.2) is 52.0 Å². The first-order chi connectivity index (χ1) is 8.99. The number of sulfonamides is 1. The molecule has 0 fully saturated rings. The van der Waals surface area contributed by atoms with Crippen LogP contribution >= 0.6 is 0 Å². The summed E-state index contributed by atoms with van der Waals surface area (Å²) in [6.45, 7) is 0. The number of carbonyl (C=O) groups excluding carboxylic acids is 1. The van der Waals surface area contributed by atoms with Gasteiger partial charge in [-0.15, -0.1) is 4.83 Å². The van der Waals surface area contributed by atoms with Gasteiger partial charge >= 0.3 is 5.91 Å². The van der Waals surface area contributed by atoms with Crippen LogP contribution in [-0.4, -0.2) is 14.3 Å². The maximum absolute atomic E-state index is 12.7. The van der Waals surface area contributed by atoms with Crippen LogP contribution in [0.25, 0.3) is 0 Å². The van der Waals surface area contributed by atoms with E-state index in [1.54, 1.807) is 0 Å². The minimum absolute atomic E-state index is 0.0400. The van der Waals surface area contributed by atoms with E-state index in [0.717, 1.165) is 24.3 Å². The van der Waals surface area contributed by atoms with Crippen molar-refractivity contribution >= 4 is 15.9 Å². The van der Waals surface area contributed by atoms with E-state index in [4.69, 9.17) is 4.42 Å². The van der Waals surface area contributed by atoms with E-state index in [1.807, 2.05) is 10.3 Å². The van der Waals surface area contributed by atoms with Crippen LogP contribution in [-0.2, 0) is 10.0 Å². The van der Waals surface area contributed by atoms with Crippen LogP contribution in [0.4, 0.5) is 4.39 Å². The number of hydrazine groups is 1. The van der Waals surface area contributed by atoms with Crippen LogP contribution in [0.1, 0.15) is 10.6 Å². The standard InChI is InChI=1S/C11H9FN2O4S/c12-8-3-5-9(6-4-8)19(16,17)14-13-11(15)10-2-1-7-18-10/h1-7,14H,(H,13,15). The van der Waals surface area contributed by atoms with Gasteiger partial charge in [0, 0.05) is 0 Å². The zero-order chi connectivity index (χ0) is 13.9. The van der Waals surface area contributed by atoms with Crippen molar-refractivity contribution in [2.75, 3.05) is 0 Å². The highest BCUT2D eigenvalue weighted by molar-refractivity contribution is 7.89. The van der Waals surface area contributed by atoms with E-state index in [1.165, 1.54) is 18.4 Å². The first kappa shape index (κ1) is 13.2. The summed E-state index contributed by atoms with van der Waals surface area (Å²) in [4.78, 5) is 13.1. The molecule has 0 unspecified atom stereocenters. The molecule has 0 saturated heterocycles. The van der Waals surface area contributed by atoms with Gasteiger partial charge in [0.2, 0.25) is 0 Å². The molecule has 1 aromatic carbocycles. The Hall–Kier alpha value is -2.19. The summed E-state index contributed by atoms with van der Waals surface area (Å²) in [6, 6.07) is 7.03. The van der Waals surface area contributed by atoms with Crippen molar-refractivity contribution in [2.24, 2.45) is 0 Å². The minimum atomic E-state index is -3.95. The second kappa shape index (κ2) is 5.21. The van der Waals surface area contributed by atoms with Gasteiger partial charge in [-0.3, -0.25) is 10.2 Å². The normalized spacial score (nSPS) is 11.2. The third-order valence-corrected chi connectivity index (χ3v) is 3.43. The van der Waals surface area contributed by atoms with Gasteiger partial charge in [0.15, 0.2) is 5.76 Å². The average molecular weight is 284 g/mol. The van der Waals surface area contributed by atoms with Gasteiger partial charge in [0.05, 0.1) is 11.2 Å². The highest BCUT2D eigenvalue weighted by atomic mass is 32.2. The summed E-state index contributed by atoms with van der Waals surface area (Å²) in [5, 5.41) is 0. The van der Waals surface area contributed by atoms with Crippen molar-refractivity contribution in [3.8, 4) is 0 Å². The van der Waals surface area contributed by atoms with Crippen molar-refractivity contribution in [1.82, 2.24) is 10.3 Å². The number of rotatable bonds is 4. The molecule has 0 aliphatic carbocycles. The molecular formula is C11H9FN2O4S. The maximum Gasteiger partial charge on any atom is 0.301 e.